The number of aliphatic hydroxyl groups is 1. The number of piperidine rings is 1. The number of anilines is 1. The lowest BCUT2D eigenvalue weighted by molar-refractivity contribution is -0.141. The fourth-order valence-electron chi connectivity index (χ4n) is 4.83. The number of pyridine rings is 1. The molecule has 2 saturated heterocycles. The number of fused-ring (bicyclic) bond motifs is 1. The van der Waals surface area contributed by atoms with Gasteiger partial charge < -0.3 is 20.5 Å². The molecule has 0 aromatic carbocycles. The highest BCUT2D eigenvalue weighted by molar-refractivity contribution is 5.75. The predicted molar refractivity (Wildman–Crippen MR) is 113 cm³/mol. The Bertz CT molecular complexity index is 1170. The standard InChI is InChI=1S/C21H24F3N7O2/c1-12-16(25)20(11-33-12)4-7-30(8-5-20)18-14(10-32)29-19-13(28-18)9-27-31(19)15-3-2-6-26-17(15)21(22,23)24/h2-3,6,9,12,16,32H,4-5,7-8,10-11,25H2,1H3/t12-,16+/m0/s1. The number of ether oxygens (including phenoxy) is 1. The van der Waals surface area contributed by atoms with Crippen LogP contribution in [0.5, 0.6) is 0 Å². The van der Waals surface area contributed by atoms with Crippen LogP contribution < -0.4 is 10.6 Å². The molecule has 5 heterocycles. The fraction of sp³-hybridized carbons (Fsp3) is 0.524. The third kappa shape index (κ3) is 3.62. The number of nitrogens with two attached hydrogens (primary N) is 1. The summed E-state index contributed by atoms with van der Waals surface area (Å²) in [5.41, 5.74) is 5.72. The Hall–Kier alpha value is -2.83. The number of aromatic nitrogens is 5. The highest BCUT2D eigenvalue weighted by atomic mass is 19.4. The first-order valence-electron chi connectivity index (χ1n) is 10.7. The molecule has 176 valence electrons. The minimum Gasteiger partial charge on any atom is -0.390 e. The molecule has 0 unspecified atom stereocenters. The minimum atomic E-state index is -4.66. The molecule has 0 radical (unpaired) electrons. The lowest BCUT2D eigenvalue weighted by Gasteiger charge is -2.41. The Balaban J connectivity index is 1.49. The van der Waals surface area contributed by atoms with E-state index in [9.17, 15) is 18.3 Å². The summed E-state index contributed by atoms with van der Waals surface area (Å²) in [6, 6.07) is 2.63. The Kier molecular flexibility index (Phi) is 5.26. The van der Waals surface area contributed by atoms with Crippen molar-refractivity contribution >= 4 is 17.0 Å². The zero-order valence-electron chi connectivity index (χ0n) is 18.0. The molecule has 2 aliphatic rings. The van der Waals surface area contributed by atoms with Gasteiger partial charge in [-0.05, 0) is 31.9 Å². The zero-order chi connectivity index (χ0) is 23.4. The molecular formula is C21H24F3N7O2. The Morgan fingerprint density at radius 1 is 1.27 bits per heavy atom. The molecule has 3 aromatic heterocycles. The van der Waals surface area contributed by atoms with Crippen LogP contribution in [0.4, 0.5) is 19.0 Å². The SMILES string of the molecule is C[C@@H]1OCC2(CCN(c3nc4cnn(-c5cccnc5C(F)(F)F)c4nc3CO)CC2)[C@@H]1N. The molecule has 2 fully saturated rings. The maximum Gasteiger partial charge on any atom is 0.435 e. The third-order valence-electron chi connectivity index (χ3n) is 6.79. The van der Waals surface area contributed by atoms with Crippen molar-refractivity contribution in [1.29, 1.82) is 0 Å². The van der Waals surface area contributed by atoms with Crippen LogP contribution >= 0.6 is 0 Å². The van der Waals surface area contributed by atoms with Crippen molar-refractivity contribution < 1.29 is 23.0 Å². The van der Waals surface area contributed by atoms with Crippen LogP contribution in [-0.4, -0.2) is 61.7 Å². The molecule has 2 atom stereocenters. The van der Waals surface area contributed by atoms with Crippen LogP contribution in [0.25, 0.3) is 16.9 Å². The van der Waals surface area contributed by atoms with E-state index >= 15 is 0 Å². The van der Waals surface area contributed by atoms with E-state index in [1.165, 1.54) is 18.3 Å². The number of nitrogens with zero attached hydrogens (tertiary/aromatic N) is 6. The first kappa shape index (κ1) is 22.0. The molecule has 33 heavy (non-hydrogen) atoms. The van der Waals surface area contributed by atoms with E-state index in [0.717, 1.165) is 23.7 Å². The smallest absolute Gasteiger partial charge is 0.390 e. The molecule has 0 amide bonds. The molecule has 1 spiro atoms. The summed E-state index contributed by atoms with van der Waals surface area (Å²) in [6.07, 6.45) is -0.575. The van der Waals surface area contributed by atoms with Crippen LogP contribution in [0, 0.1) is 5.41 Å². The Morgan fingerprint density at radius 2 is 2.03 bits per heavy atom. The van der Waals surface area contributed by atoms with Gasteiger partial charge in [-0.15, -0.1) is 0 Å². The van der Waals surface area contributed by atoms with Crippen molar-refractivity contribution in [2.75, 3.05) is 24.6 Å². The number of hydrogen-bond acceptors (Lipinski definition) is 8. The fourth-order valence-corrected chi connectivity index (χ4v) is 4.83. The van der Waals surface area contributed by atoms with Gasteiger partial charge in [-0.2, -0.15) is 18.3 Å². The number of rotatable bonds is 3. The number of aliphatic hydroxyl groups excluding tert-OH is 1. The molecule has 9 nitrogen and oxygen atoms in total. The van der Waals surface area contributed by atoms with E-state index in [-0.39, 0.29) is 34.6 Å². The van der Waals surface area contributed by atoms with Gasteiger partial charge in [-0.1, -0.05) is 0 Å². The summed E-state index contributed by atoms with van der Waals surface area (Å²) in [5.74, 6) is 0.502. The summed E-state index contributed by atoms with van der Waals surface area (Å²) < 4.78 is 47.2. The van der Waals surface area contributed by atoms with Gasteiger partial charge in [0.25, 0.3) is 0 Å². The second-order valence-corrected chi connectivity index (χ2v) is 8.68. The second kappa shape index (κ2) is 7.89. The van der Waals surface area contributed by atoms with Gasteiger partial charge in [0.2, 0.25) is 0 Å². The molecule has 3 N–H and O–H groups in total. The lowest BCUT2D eigenvalue weighted by atomic mass is 9.73. The van der Waals surface area contributed by atoms with Crippen molar-refractivity contribution in [1.82, 2.24) is 24.7 Å². The molecule has 0 saturated carbocycles. The third-order valence-corrected chi connectivity index (χ3v) is 6.79. The van der Waals surface area contributed by atoms with Crippen molar-refractivity contribution in [3.05, 3.63) is 35.9 Å². The van der Waals surface area contributed by atoms with E-state index in [2.05, 4.69) is 20.1 Å². The van der Waals surface area contributed by atoms with Crippen molar-refractivity contribution in [2.24, 2.45) is 11.1 Å². The van der Waals surface area contributed by atoms with Gasteiger partial charge in [0.05, 0.1) is 31.2 Å². The first-order valence-corrected chi connectivity index (χ1v) is 10.7. The maximum absolute atomic E-state index is 13.5. The highest BCUT2D eigenvalue weighted by Crippen LogP contribution is 2.42. The quantitative estimate of drug-likeness (QED) is 0.607. The second-order valence-electron chi connectivity index (χ2n) is 8.68. The summed E-state index contributed by atoms with van der Waals surface area (Å²) in [6.45, 7) is 3.52. The Labute approximate surface area is 187 Å². The average molecular weight is 463 g/mol. The molecule has 3 aromatic rings. The van der Waals surface area contributed by atoms with Gasteiger partial charge in [-0.3, -0.25) is 0 Å². The topological polar surface area (TPSA) is 115 Å². The van der Waals surface area contributed by atoms with Crippen LogP contribution in [0.1, 0.15) is 31.2 Å². The van der Waals surface area contributed by atoms with Gasteiger partial charge in [-0.25, -0.2) is 19.6 Å². The van der Waals surface area contributed by atoms with Crippen molar-refractivity contribution in [3.63, 3.8) is 0 Å². The van der Waals surface area contributed by atoms with Crippen molar-refractivity contribution in [2.45, 2.75) is 44.7 Å². The number of hydrogen-bond donors (Lipinski definition) is 2. The van der Waals surface area contributed by atoms with E-state index in [1.54, 1.807) is 0 Å². The van der Waals surface area contributed by atoms with Gasteiger partial charge in [0.1, 0.15) is 11.2 Å². The molecule has 2 aliphatic heterocycles. The van der Waals surface area contributed by atoms with Crippen LogP contribution in [0.2, 0.25) is 0 Å². The maximum atomic E-state index is 13.5. The Morgan fingerprint density at radius 3 is 2.67 bits per heavy atom. The summed E-state index contributed by atoms with van der Waals surface area (Å²) in [4.78, 5) is 14.6. The number of alkyl halides is 3. The highest BCUT2D eigenvalue weighted by Gasteiger charge is 2.47. The van der Waals surface area contributed by atoms with Crippen LogP contribution in [0.15, 0.2) is 24.5 Å². The van der Waals surface area contributed by atoms with E-state index in [1.807, 2.05) is 11.8 Å². The minimum absolute atomic E-state index is 0.0144. The summed E-state index contributed by atoms with van der Waals surface area (Å²) >= 11 is 0. The van der Waals surface area contributed by atoms with E-state index in [4.69, 9.17) is 10.5 Å². The summed E-state index contributed by atoms with van der Waals surface area (Å²) in [7, 11) is 0. The molecule has 12 heteroatoms. The molecule has 0 bridgehead atoms. The van der Waals surface area contributed by atoms with Crippen LogP contribution in [-0.2, 0) is 17.5 Å². The van der Waals surface area contributed by atoms with E-state index < -0.39 is 18.5 Å². The van der Waals surface area contributed by atoms with E-state index in [0.29, 0.717) is 31.0 Å². The van der Waals surface area contributed by atoms with Crippen molar-refractivity contribution in [3.8, 4) is 5.69 Å². The van der Waals surface area contributed by atoms with Gasteiger partial charge in [0.15, 0.2) is 17.2 Å². The average Bonchev–Trinajstić information content (AvgIpc) is 3.34. The van der Waals surface area contributed by atoms with Gasteiger partial charge in [0, 0.05) is 30.7 Å². The molecule has 0 aliphatic carbocycles. The molecular weight excluding hydrogens is 439 g/mol. The normalized spacial score (nSPS) is 23.0. The van der Waals surface area contributed by atoms with Gasteiger partial charge >= 0.3 is 6.18 Å². The predicted octanol–water partition coefficient (Wildman–Crippen LogP) is 2.05. The number of halogens is 3. The monoisotopic (exact) mass is 463 g/mol. The summed E-state index contributed by atoms with van der Waals surface area (Å²) in [5, 5.41) is 14.1. The first-order chi connectivity index (χ1) is 15.7. The lowest BCUT2D eigenvalue weighted by Crippen LogP contribution is -2.51. The zero-order valence-corrected chi connectivity index (χ0v) is 18.0. The molecule has 5 rings (SSSR count). The largest absolute Gasteiger partial charge is 0.435 e. The van der Waals surface area contributed by atoms with Crippen LogP contribution in [0.3, 0.4) is 0 Å².